The first-order chi connectivity index (χ1) is 9.19. The summed E-state index contributed by atoms with van der Waals surface area (Å²) in [4.78, 5) is 0. The van der Waals surface area contributed by atoms with Gasteiger partial charge < -0.3 is 15.2 Å². The van der Waals surface area contributed by atoms with E-state index in [-0.39, 0.29) is 0 Å². The molecule has 0 atom stereocenters. The third-order valence-electron chi connectivity index (χ3n) is 2.96. The number of nitrogens with one attached hydrogen (secondary N) is 1. The Morgan fingerprint density at radius 2 is 2.00 bits per heavy atom. The number of aryl methyl sites for hydroxylation is 1. The number of rotatable bonds is 5. The quantitative estimate of drug-likeness (QED) is 0.862. The Morgan fingerprint density at radius 3 is 2.79 bits per heavy atom. The van der Waals surface area contributed by atoms with Gasteiger partial charge in [0, 0.05) is 24.9 Å². The molecule has 3 nitrogen and oxygen atoms in total. The van der Waals surface area contributed by atoms with Gasteiger partial charge >= 0.3 is 0 Å². The maximum Gasteiger partial charge on any atom is 0.120 e. The van der Waals surface area contributed by atoms with E-state index in [1.807, 2.05) is 37.3 Å². The van der Waals surface area contributed by atoms with E-state index >= 15 is 0 Å². The normalized spacial score (nSPS) is 10.4. The third-order valence-corrected chi connectivity index (χ3v) is 2.96. The molecule has 2 rings (SSSR count). The molecule has 3 heteroatoms. The second-order valence-electron chi connectivity index (χ2n) is 4.62. The zero-order valence-electron chi connectivity index (χ0n) is 11.3. The molecule has 0 saturated carbocycles. The van der Waals surface area contributed by atoms with Gasteiger partial charge in [0.1, 0.15) is 5.75 Å². The molecule has 0 aliphatic heterocycles. The molecule has 0 aliphatic carbocycles. The molecule has 2 N–H and O–H groups in total. The molecule has 0 spiro atoms. The van der Waals surface area contributed by atoms with Crippen LogP contribution in [0.5, 0.6) is 5.75 Å². The highest BCUT2D eigenvalue weighted by molar-refractivity contribution is 5.47. The van der Waals surface area contributed by atoms with Gasteiger partial charge in [-0.15, -0.1) is 0 Å². The van der Waals surface area contributed by atoms with E-state index in [0.29, 0.717) is 18.9 Å². The summed E-state index contributed by atoms with van der Waals surface area (Å²) < 4.78 is 5.11. The second-order valence-corrected chi connectivity index (χ2v) is 4.62. The molecule has 100 valence electrons. The van der Waals surface area contributed by atoms with E-state index in [4.69, 9.17) is 4.74 Å². The summed E-state index contributed by atoms with van der Waals surface area (Å²) >= 11 is 0. The van der Waals surface area contributed by atoms with Crippen molar-refractivity contribution in [2.45, 2.75) is 20.1 Å². The first-order valence-electron chi connectivity index (χ1n) is 6.29. The van der Waals surface area contributed by atoms with Crippen LogP contribution in [-0.4, -0.2) is 12.2 Å². The van der Waals surface area contributed by atoms with Crippen molar-refractivity contribution in [2.75, 3.05) is 12.4 Å². The van der Waals surface area contributed by atoms with Gasteiger partial charge in [-0.2, -0.15) is 0 Å². The van der Waals surface area contributed by atoms with Crippen LogP contribution in [0, 0.1) is 6.92 Å². The number of hydrogen-bond acceptors (Lipinski definition) is 3. The Balaban J connectivity index is 2.05. The fourth-order valence-corrected chi connectivity index (χ4v) is 1.99. The summed E-state index contributed by atoms with van der Waals surface area (Å²) in [5.41, 5.74) is 4.19. The highest BCUT2D eigenvalue weighted by Gasteiger charge is 2.02. The molecule has 2 aromatic rings. The standard InChI is InChI=1S/C16H19NO2/c1-12-6-7-16(18)14(8-12)10-17-15-5-3-4-13(9-15)11-19-2/h3-9,17-18H,10-11H2,1-2H3. The van der Waals surface area contributed by atoms with E-state index < -0.39 is 0 Å². The molecule has 0 heterocycles. The van der Waals surface area contributed by atoms with Crippen LogP contribution < -0.4 is 5.32 Å². The SMILES string of the molecule is COCc1cccc(NCc2cc(C)ccc2O)c1. The van der Waals surface area contributed by atoms with Crippen LogP contribution in [0.15, 0.2) is 42.5 Å². The zero-order valence-corrected chi connectivity index (χ0v) is 11.3. The Kier molecular flexibility index (Phi) is 4.42. The van der Waals surface area contributed by atoms with Crippen molar-refractivity contribution in [3.8, 4) is 5.75 Å². The van der Waals surface area contributed by atoms with Gasteiger partial charge in [-0.1, -0.05) is 29.8 Å². The summed E-state index contributed by atoms with van der Waals surface area (Å²) in [7, 11) is 1.69. The Bertz CT molecular complexity index is 552. The fraction of sp³-hybridized carbons (Fsp3) is 0.250. The monoisotopic (exact) mass is 257 g/mol. The van der Waals surface area contributed by atoms with Crippen LogP contribution in [0.25, 0.3) is 0 Å². The molecule has 19 heavy (non-hydrogen) atoms. The van der Waals surface area contributed by atoms with Crippen molar-refractivity contribution in [3.05, 3.63) is 59.2 Å². The van der Waals surface area contributed by atoms with Gasteiger partial charge in [0.2, 0.25) is 0 Å². The molecule has 0 unspecified atom stereocenters. The molecular formula is C16H19NO2. The van der Waals surface area contributed by atoms with Crippen molar-refractivity contribution >= 4 is 5.69 Å². The average molecular weight is 257 g/mol. The van der Waals surface area contributed by atoms with Crippen LogP contribution in [0.2, 0.25) is 0 Å². The third kappa shape index (κ3) is 3.73. The minimum absolute atomic E-state index is 0.325. The summed E-state index contributed by atoms with van der Waals surface area (Å²) in [5.74, 6) is 0.325. The van der Waals surface area contributed by atoms with Crippen molar-refractivity contribution in [3.63, 3.8) is 0 Å². The molecule has 0 amide bonds. The van der Waals surface area contributed by atoms with Gasteiger partial charge in [0.05, 0.1) is 6.61 Å². The number of aromatic hydroxyl groups is 1. The van der Waals surface area contributed by atoms with E-state index in [1.165, 1.54) is 0 Å². The molecule has 0 aliphatic rings. The van der Waals surface area contributed by atoms with Gasteiger partial charge in [0.25, 0.3) is 0 Å². The smallest absolute Gasteiger partial charge is 0.120 e. The maximum absolute atomic E-state index is 9.79. The predicted molar refractivity (Wildman–Crippen MR) is 77.3 cm³/mol. The van der Waals surface area contributed by atoms with Gasteiger partial charge in [0.15, 0.2) is 0 Å². The van der Waals surface area contributed by atoms with Crippen LogP contribution in [0.4, 0.5) is 5.69 Å². The second kappa shape index (κ2) is 6.25. The number of phenolic OH excluding ortho intramolecular Hbond substituents is 1. The summed E-state index contributed by atoms with van der Waals surface area (Å²) in [6, 6.07) is 13.7. The highest BCUT2D eigenvalue weighted by Crippen LogP contribution is 2.20. The zero-order chi connectivity index (χ0) is 13.7. The average Bonchev–Trinajstić information content (AvgIpc) is 2.41. The van der Waals surface area contributed by atoms with Crippen molar-refractivity contribution < 1.29 is 9.84 Å². The van der Waals surface area contributed by atoms with Crippen molar-refractivity contribution in [2.24, 2.45) is 0 Å². The number of hydrogen-bond donors (Lipinski definition) is 2. The molecule has 0 bridgehead atoms. The number of methoxy groups -OCH3 is 1. The van der Waals surface area contributed by atoms with Crippen LogP contribution in [0.1, 0.15) is 16.7 Å². The first-order valence-corrected chi connectivity index (χ1v) is 6.29. The molecule has 2 aromatic carbocycles. The van der Waals surface area contributed by atoms with Gasteiger partial charge in [-0.3, -0.25) is 0 Å². The fourth-order valence-electron chi connectivity index (χ4n) is 1.99. The largest absolute Gasteiger partial charge is 0.508 e. The van der Waals surface area contributed by atoms with Gasteiger partial charge in [-0.05, 0) is 30.7 Å². The number of ether oxygens (including phenoxy) is 1. The summed E-state index contributed by atoms with van der Waals surface area (Å²) in [6.45, 7) is 3.22. The van der Waals surface area contributed by atoms with Crippen LogP contribution in [0.3, 0.4) is 0 Å². The predicted octanol–water partition coefficient (Wildman–Crippen LogP) is 3.46. The highest BCUT2D eigenvalue weighted by atomic mass is 16.5. The number of anilines is 1. The Morgan fingerprint density at radius 1 is 1.16 bits per heavy atom. The lowest BCUT2D eigenvalue weighted by atomic mass is 10.1. The molecular weight excluding hydrogens is 238 g/mol. The lowest BCUT2D eigenvalue weighted by Gasteiger charge is -2.10. The molecule has 0 aromatic heterocycles. The number of phenols is 1. The molecule has 0 fully saturated rings. The van der Waals surface area contributed by atoms with E-state index in [1.54, 1.807) is 13.2 Å². The topological polar surface area (TPSA) is 41.5 Å². The molecule has 0 saturated heterocycles. The van der Waals surface area contributed by atoms with Crippen LogP contribution in [-0.2, 0) is 17.9 Å². The minimum atomic E-state index is 0.325. The Hall–Kier alpha value is -2.00. The first kappa shape index (κ1) is 13.4. The Labute approximate surface area is 113 Å². The van der Waals surface area contributed by atoms with Crippen molar-refractivity contribution in [1.82, 2.24) is 0 Å². The summed E-state index contributed by atoms with van der Waals surface area (Å²) in [5, 5.41) is 13.1. The van der Waals surface area contributed by atoms with E-state index in [9.17, 15) is 5.11 Å². The van der Waals surface area contributed by atoms with Crippen LogP contribution >= 0.6 is 0 Å². The van der Waals surface area contributed by atoms with Crippen molar-refractivity contribution in [1.29, 1.82) is 0 Å². The minimum Gasteiger partial charge on any atom is -0.508 e. The lowest BCUT2D eigenvalue weighted by Crippen LogP contribution is -2.00. The number of benzene rings is 2. The van der Waals surface area contributed by atoms with E-state index in [2.05, 4.69) is 11.4 Å². The lowest BCUT2D eigenvalue weighted by molar-refractivity contribution is 0.185. The maximum atomic E-state index is 9.79. The summed E-state index contributed by atoms with van der Waals surface area (Å²) in [6.07, 6.45) is 0. The van der Waals surface area contributed by atoms with E-state index in [0.717, 1.165) is 22.4 Å². The molecule has 0 radical (unpaired) electrons. The van der Waals surface area contributed by atoms with Gasteiger partial charge in [-0.25, -0.2) is 0 Å².